The molecule has 2 aliphatic rings. The van der Waals surface area contributed by atoms with Crippen molar-refractivity contribution in [1.82, 2.24) is 16.0 Å². The van der Waals surface area contributed by atoms with Gasteiger partial charge in [0, 0.05) is 18.5 Å². The summed E-state index contributed by atoms with van der Waals surface area (Å²) in [7, 11) is 1.31. The fourth-order valence-electron chi connectivity index (χ4n) is 4.97. The molecule has 0 aromatic heterocycles. The van der Waals surface area contributed by atoms with Gasteiger partial charge in [-0.05, 0) is 75.7 Å². The lowest BCUT2D eigenvalue weighted by Crippen LogP contribution is -2.42. The lowest BCUT2D eigenvalue weighted by Gasteiger charge is -2.33. The Balaban J connectivity index is 2.17. The van der Waals surface area contributed by atoms with Gasteiger partial charge in [-0.1, -0.05) is 40.0 Å². The Labute approximate surface area is 217 Å². The van der Waals surface area contributed by atoms with Gasteiger partial charge in [0.05, 0.1) is 19.3 Å². The molecule has 3 atom stereocenters. The first-order chi connectivity index (χ1) is 16.9. The van der Waals surface area contributed by atoms with Gasteiger partial charge in [0.15, 0.2) is 0 Å². The molecule has 0 radical (unpaired) electrons. The van der Waals surface area contributed by atoms with Crippen LogP contribution in [0.15, 0.2) is 23.7 Å². The van der Waals surface area contributed by atoms with Crippen LogP contribution in [0.25, 0.3) is 0 Å². The smallest absolute Gasteiger partial charge is 0.407 e. The average molecular weight is 505 g/mol. The van der Waals surface area contributed by atoms with Crippen LogP contribution < -0.4 is 16.0 Å². The summed E-state index contributed by atoms with van der Waals surface area (Å²) in [6, 6.07) is 0. The van der Waals surface area contributed by atoms with E-state index in [0.717, 1.165) is 5.92 Å². The zero-order valence-electron chi connectivity index (χ0n) is 23.3. The van der Waals surface area contributed by atoms with Crippen LogP contribution in [-0.2, 0) is 14.3 Å². The van der Waals surface area contributed by atoms with E-state index in [1.807, 2.05) is 27.7 Å². The molecule has 0 aromatic carbocycles. The lowest BCUT2D eigenvalue weighted by molar-refractivity contribution is -0.117. The second-order valence-electron chi connectivity index (χ2n) is 11.6. The van der Waals surface area contributed by atoms with Crippen molar-refractivity contribution in [2.75, 3.05) is 20.3 Å². The van der Waals surface area contributed by atoms with Crippen molar-refractivity contribution in [3.05, 3.63) is 23.7 Å². The molecule has 4 N–H and O–H groups in total. The summed E-state index contributed by atoms with van der Waals surface area (Å²) >= 11 is 0. The maximum atomic E-state index is 13.4. The molecule has 0 aromatic rings. The Hall–Kier alpha value is -2.51. The first-order valence-electron chi connectivity index (χ1n) is 13.4. The van der Waals surface area contributed by atoms with Gasteiger partial charge in [0.25, 0.3) is 5.91 Å². The number of amides is 2. The summed E-state index contributed by atoms with van der Waals surface area (Å²) in [6.45, 7) is 12.7. The first kappa shape index (κ1) is 29.7. The molecule has 2 rings (SSSR count). The van der Waals surface area contributed by atoms with Crippen molar-refractivity contribution in [2.45, 2.75) is 85.6 Å². The Morgan fingerprint density at radius 1 is 1.14 bits per heavy atom. The number of ether oxygens (including phenoxy) is 2. The standard InChI is InChI=1S/C28H48N4O4/c1-18(2)17-36-26(30-14-13-28(5,6)32-27(34)35-7)24(20(4)29)25(33)31-16-23(21-11-12-21)22-10-8-9-19(3)15-22/h13-14,18-19,21-23,29-30H,8-12,15-17H2,1-7H3,(H,31,33)(H,32,34)/b14-13+,26-24-,29-20?. The third-order valence-corrected chi connectivity index (χ3v) is 7.02. The highest BCUT2D eigenvalue weighted by Gasteiger charge is 2.38. The van der Waals surface area contributed by atoms with Gasteiger partial charge >= 0.3 is 6.09 Å². The zero-order valence-corrected chi connectivity index (χ0v) is 23.3. The highest BCUT2D eigenvalue weighted by atomic mass is 16.5. The van der Waals surface area contributed by atoms with Crippen LogP contribution >= 0.6 is 0 Å². The largest absolute Gasteiger partial charge is 0.478 e. The summed E-state index contributed by atoms with van der Waals surface area (Å²) < 4.78 is 10.6. The molecule has 2 amide bonds. The van der Waals surface area contributed by atoms with Gasteiger partial charge in [-0.15, -0.1) is 0 Å². The van der Waals surface area contributed by atoms with Crippen molar-refractivity contribution < 1.29 is 19.1 Å². The second-order valence-corrected chi connectivity index (χ2v) is 11.6. The fourth-order valence-corrected chi connectivity index (χ4v) is 4.97. The summed E-state index contributed by atoms with van der Waals surface area (Å²) in [5, 5.41) is 17.3. The molecule has 0 heterocycles. The highest BCUT2D eigenvalue weighted by Crippen LogP contribution is 2.45. The topological polar surface area (TPSA) is 113 Å². The summed E-state index contributed by atoms with van der Waals surface area (Å²) in [5.74, 6) is 2.82. The molecule has 0 spiro atoms. The molecule has 36 heavy (non-hydrogen) atoms. The molecule has 2 saturated carbocycles. The quantitative estimate of drug-likeness (QED) is 0.158. The Bertz CT molecular complexity index is 829. The SMILES string of the molecule is COC(=O)NC(C)(C)/C=C/N/C(OCC(C)C)=C(\C(C)=N)C(=O)NCC(C1CC1)C1CCCC(C)C1. The summed E-state index contributed by atoms with van der Waals surface area (Å²) in [5.41, 5.74) is -0.362. The first-order valence-corrected chi connectivity index (χ1v) is 13.4. The summed E-state index contributed by atoms with van der Waals surface area (Å²) in [4.78, 5) is 25.0. The normalized spacial score (nSPS) is 22.0. The number of hydrogen-bond acceptors (Lipinski definition) is 6. The van der Waals surface area contributed by atoms with Crippen molar-refractivity contribution in [1.29, 1.82) is 5.41 Å². The van der Waals surface area contributed by atoms with Crippen LogP contribution in [0.5, 0.6) is 0 Å². The molecule has 0 aliphatic heterocycles. The maximum absolute atomic E-state index is 13.4. The highest BCUT2D eigenvalue weighted by molar-refractivity contribution is 6.19. The van der Waals surface area contributed by atoms with Crippen molar-refractivity contribution >= 4 is 17.7 Å². The van der Waals surface area contributed by atoms with Crippen LogP contribution in [0.4, 0.5) is 4.79 Å². The van der Waals surface area contributed by atoms with Crippen LogP contribution in [-0.4, -0.2) is 43.5 Å². The fraction of sp³-hybridized carbons (Fsp3) is 0.750. The minimum absolute atomic E-state index is 0.133. The minimum Gasteiger partial charge on any atom is -0.478 e. The Morgan fingerprint density at radius 2 is 1.83 bits per heavy atom. The third-order valence-electron chi connectivity index (χ3n) is 7.02. The van der Waals surface area contributed by atoms with E-state index in [0.29, 0.717) is 30.9 Å². The van der Waals surface area contributed by atoms with E-state index in [1.54, 1.807) is 19.2 Å². The van der Waals surface area contributed by atoms with E-state index in [9.17, 15) is 9.59 Å². The number of hydrogen-bond donors (Lipinski definition) is 4. The van der Waals surface area contributed by atoms with E-state index in [1.165, 1.54) is 45.6 Å². The van der Waals surface area contributed by atoms with Crippen LogP contribution in [0.3, 0.4) is 0 Å². The Morgan fingerprint density at radius 3 is 2.39 bits per heavy atom. The Kier molecular flexibility index (Phi) is 11.3. The van der Waals surface area contributed by atoms with Crippen molar-refractivity contribution in [3.8, 4) is 0 Å². The number of alkyl carbamates (subject to hydrolysis) is 1. The number of rotatable bonds is 13. The van der Waals surface area contributed by atoms with Crippen LogP contribution in [0, 0.1) is 35.0 Å². The number of carbonyl (C=O) groups is 2. The molecular weight excluding hydrogens is 456 g/mol. The van der Waals surface area contributed by atoms with Crippen LogP contribution in [0.2, 0.25) is 0 Å². The molecule has 2 fully saturated rings. The summed E-state index contributed by atoms with van der Waals surface area (Å²) in [6.07, 6.45) is 10.4. The van der Waals surface area contributed by atoms with Gasteiger partial charge in [-0.25, -0.2) is 4.79 Å². The van der Waals surface area contributed by atoms with Crippen LogP contribution in [0.1, 0.15) is 80.1 Å². The monoisotopic (exact) mass is 504 g/mol. The predicted molar refractivity (Wildman–Crippen MR) is 143 cm³/mol. The molecule has 0 saturated heterocycles. The zero-order chi connectivity index (χ0) is 26.9. The molecule has 0 bridgehead atoms. The second kappa shape index (κ2) is 13.7. The molecular formula is C28H48N4O4. The third kappa shape index (κ3) is 9.86. The molecule has 8 heteroatoms. The molecule has 2 aliphatic carbocycles. The molecule has 8 nitrogen and oxygen atoms in total. The van der Waals surface area contributed by atoms with Gasteiger partial charge < -0.3 is 30.8 Å². The van der Waals surface area contributed by atoms with E-state index in [4.69, 9.17) is 10.1 Å². The van der Waals surface area contributed by atoms with E-state index >= 15 is 0 Å². The van der Waals surface area contributed by atoms with Crippen molar-refractivity contribution in [3.63, 3.8) is 0 Å². The average Bonchev–Trinajstić information content (AvgIpc) is 3.62. The van der Waals surface area contributed by atoms with Gasteiger partial charge in [-0.2, -0.15) is 0 Å². The maximum Gasteiger partial charge on any atom is 0.407 e. The predicted octanol–water partition coefficient (Wildman–Crippen LogP) is 5.12. The minimum atomic E-state index is -0.694. The number of methoxy groups -OCH3 is 1. The number of carbonyl (C=O) groups excluding carboxylic acids is 2. The van der Waals surface area contributed by atoms with Gasteiger partial charge in [0.1, 0.15) is 5.57 Å². The number of nitrogens with one attached hydrogen (secondary N) is 4. The van der Waals surface area contributed by atoms with Gasteiger partial charge in [0.2, 0.25) is 5.88 Å². The van der Waals surface area contributed by atoms with Gasteiger partial charge in [-0.3, -0.25) is 4.79 Å². The van der Waals surface area contributed by atoms with E-state index in [2.05, 4.69) is 27.6 Å². The lowest BCUT2D eigenvalue weighted by atomic mass is 9.74. The van der Waals surface area contributed by atoms with E-state index < -0.39 is 11.6 Å². The molecule has 204 valence electrons. The molecule has 3 unspecified atom stereocenters. The van der Waals surface area contributed by atoms with E-state index in [-0.39, 0.29) is 29.0 Å². The van der Waals surface area contributed by atoms with Crippen molar-refractivity contribution in [2.24, 2.45) is 29.6 Å².